The van der Waals surface area contributed by atoms with Crippen LogP contribution in [0, 0.1) is 0 Å². The third kappa shape index (κ3) is 2.08. The van der Waals surface area contributed by atoms with Crippen LogP contribution in [0.3, 0.4) is 0 Å². The Bertz CT molecular complexity index is 713. The van der Waals surface area contributed by atoms with Crippen molar-refractivity contribution in [1.29, 1.82) is 0 Å². The molecule has 0 radical (unpaired) electrons. The molecular weight excluding hydrogens is 262 g/mol. The van der Waals surface area contributed by atoms with E-state index in [2.05, 4.69) is 25.3 Å². The summed E-state index contributed by atoms with van der Waals surface area (Å²) in [5, 5.41) is 3.84. The second-order valence-electron chi connectivity index (χ2n) is 3.77. The molecule has 0 atom stereocenters. The van der Waals surface area contributed by atoms with Crippen molar-refractivity contribution in [3.05, 3.63) is 24.8 Å². The lowest BCUT2D eigenvalue weighted by molar-refractivity contribution is 0.401. The standard InChI is InChI=1S/C12H11N5OS/c1-13-12-16-9-3-8(7-4-14-6-15-5-7)10(18-2)17-11(9)19-12/h3-6H,1-2H3,(H,13,16). The SMILES string of the molecule is CNc1nc2cc(-c3cncnc3)c(OC)nc2s1. The van der Waals surface area contributed by atoms with Crippen LogP contribution in [-0.4, -0.2) is 34.1 Å². The molecule has 0 saturated heterocycles. The number of thiazole rings is 1. The molecule has 0 bridgehead atoms. The number of fused-ring (bicyclic) bond motifs is 1. The molecule has 0 amide bonds. The van der Waals surface area contributed by atoms with Crippen LogP contribution in [0.1, 0.15) is 0 Å². The van der Waals surface area contributed by atoms with Crippen molar-refractivity contribution in [2.45, 2.75) is 0 Å². The average molecular weight is 273 g/mol. The first-order valence-electron chi connectivity index (χ1n) is 5.60. The quantitative estimate of drug-likeness (QED) is 0.788. The zero-order chi connectivity index (χ0) is 13.2. The van der Waals surface area contributed by atoms with Crippen LogP contribution >= 0.6 is 11.3 Å². The van der Waals surface area contributed by atoms with Gasteiger partial charge < -0.3 is 10.1 Å². The van der Waals surface area contributed by atoms with Crippen LogP contribution in [-0.2, 0) is 0 Å². The summed E-state index contributed by atoms with van der Waals surface area (Å²) in [4.78, 5) is 17.8. The monoisotopic (exact) mass is 273 g/mol. The number of hydrogen-bond acceptors (Lipinski definition) is 7. The smallest absolute Gasteiger partial charge is 0.222 e. The minimum Gasteiger partial charge on any atom is -0.481 e. The Balaban J connectivity index is 2.22. The van der Waals surface area contributed by atoms with E-state index in [1.807, 2.05) is 13.1 Å². The van der Waals surface area contributed by atoms with Crippen LogP contribution in [0.2, 0.25) is 0 Å². The molecule has 0 saturated carbocycles. The maximum Gasteiger partial charge on any atom is 0.222 e. The summed E-state index contributed by atoms with van der Waals surface area (Å²) in [6, 6.07) is 1.94. The van der Waals surface area contributed by atoms with E-state index in [-0.39, 0.29) is 0 Å². The molecule has 1 N–H and O–H groups in total. The molecule has 6 nitrogen and oxygen atoms in total. The van der Waals surface area contributed by atoms with Crippen molar-refractivity contribution in [2.75, 3.05) is 19.5 Å². The minimum absolute atomic E-state index is 0.550. The highest BCUT2D eigenvalue weighted by Gasteiger charge is 2.13. The van der Waals surface area contributed by atoms with E-state index in [1.165, 1.54) is 17.7 Å². The molecular formula is C12H11N5OS. The summed E-state index contributed by atoms with van der Waals surface area (Å²) in [5.74, 6) is 0.550. The largest absolute Gasteiger partial charge is 0.481 e. The fourth-order valence-corrected chi connectivity index (χ4v) is 2.52. The zero-order valence-electron chi connectivity index (χ0n) is 10.4. The van der Waals surface area contributed by atoms with Crippen molar-refractivity contribution >= 4 is 26.8 Å². The van der Waals surface area contributed by atoms with Gasteiger partial charge in [-0.15, -0.1) is 0 Å². The Morgan fingerprint density at radius 3 is 2.68 bits per heavy atom. The van der Waals surface area contributed by atoms with Gasteiger partial charge in [-0.1, -0.05) is 11.3 Å². The Labute approximate surface area is 113 Å². The van der Waals surface area contributed by atoms with Crippen molar-refractivity contribution in [3.63, 3.8) is 0 Å². The minimum atomic E-state index is 0.550. The van der Waals surface area contributed by atoms with E-state index >= 15 is 0 Å². The summed E-state index contributed by atoms with van der Waals surface area (Å²) < 4.78 is 5.34. The number of methoxy groups -OCH3 is 1. The fourth-order valence-electron chi connectivity index (χ4n) is 1.76. The van der Waals surface area contributed by atoms with Gasteiger partial charge >= 0.3 is 0 Å². The number of nitrogens with one attached hydrogen (secondary N) is 1. The van der Waals surface area contributed by atoms with E-state index in [0.717, 1.165) is 26.6 Å². The first kappa shape index (κ1) is 11.8. The van der Waals surface area contributed by atoms with Crippen molar-refractivity contribution in [3.8, 4) is 17.0 Å². The summed E-state index contributed by atoms with van der Waals surface area (Å²) in [7, 11) is 3.43. The van der Waals surface area contributed by atoms with Gasteiger partial charge in [-0.25, -0.2) is 19.9 Å². The molecule has 19 heavy (non-hydrogen) atoms. The molecule has 0 aromatic carbocycles. The number of aromatic nitrogens is 4. The molecule has 3 aromatic rings. The third-order valence-corrected chi connectivity index (χ3v) is 3.61. The molecule has 0 fully saturated rings. The molecule has 3 aromatic heterocycles. The first-order chi connectivity index (χ1) is 9.31. The molecule has 7 heteroatoms. The summed E-state index contributed by atoms with van der Waals surface area (Å²) in [6.07, 6.45) is 4.94. The van der Waals surface area contributed by atoms with Crippen LogP contribution in [0.15, 0.2) is 24.8 Å². The Morgan fingerprint density at radius 2 is 2.00 bits per heavy atom. The number of nitrogens with zero attached hydrogens (tertiary/aromatic N) is 4. The van der Waals surface area contributed by atoms with Gasteiger partial charge in [-0.2, -0.15) is 0 Å². The molecule has 0 spiro atoms. The van der Waals surface area contributed by atoms with Crippen LogP contribution in [0.25, 0.3) is 21.5 Å². The predicted molar refractivity (Wildman–Crippen MR) is 74.5 cm³/mol. The van der Waals surface area contributed by atoms with Crippen LogP contribution in [0.4, 0.5) is 5.13 Å². The maximum atomic E-state index is 5.34. The van der Waals surface area contributed by atoms with Gasteiger partial charge in [0.25, 0.3) is 0 Å². The highest BCUT2D eigenvalue weighted by atomic mass is 32.1. The molecule has 3 heterocycles. The van der Waals surface area contributed by atoms with E-state index in [9.17, 15) is 0 Å². The molecule has 0 unspecified atom stereocenters. The van der Waals surface area contributed by atoms with E-state index in [0.29, 0.717) is 5.88 Å². The second kappa shape index (κ2) is 4.77. The van der Waals surface area contributed by atoms with Gasteiger partial charge in [0.15, 0.2) is 5.13 Å². The lowest BCUT2D eigenvalue weighted by atomic mass is 10.1. The van der Waals surface area contributed by atoms with E-state index < -0.39 is 0 Å². The van der Waals surface area contributed by atoms with Gasteiger partial charge in [0.1, 0.15) is 16.7 Å². The highest BCUT2D eigenvalue weighted by molar-refractivity contribution is 7.21. The third-order valence-electron chi connectivity index (χ3n) is 2.63. The highest BCUT2D eigenvalue weighted by Crippen LogP contribution is 2.33. The normalized spacial score (nSPS) is 10.6. The van der Waals surface area contributed by atoms with Crippen LogP contribution in [0.5, 0.6) is 5.88 Å². The van der Waals surface area contributed by atoms with Gasteiger partial charge in [0.05, 0.1) is 7.11 Å². The number of anilines is 1. The zero-order valence-corrected chi connectivity index (χ0v) is 11.2. The molecule has 3 rings (SSSR count). The molecule has 0 aliphatic rings. The Hall–Kier alpha value is -2.28. The van der Waals surface area contributed by atoms with E-state index in [4.69, 9.17) is 4.74 Å². The Kier molecular flexibility index (Phi) is 2.96. The van der Waals surface area contributed by atoms with Gasteiger partial charge in [0, 0.05) is 30.6 Å². The first-order valence-corrected chi connectivity index (χ1v) is 6.42. The number of pyridine rings is 1. The lowest BCUT2D eigenvalue weighted by Crippen LogP contribution is -1.92. The molecule has 0 aliphatic carbocycles. The second-order valence-corrected chi connectivity index (χ2v) is 4.74. The fraction of sp³-hybridized carbons (Fsp3) is 0.167. The molecule has 0 aliphatic heterocycles. The topological polar surface area (TPSA) is 72.8 Å². The predicted octanol–water partition coefficient (Wildman–Crippen LogP) is 2.20. The Morgan fingerprint density at radius 1 is 1.21 bits per heavy atom. The van der Waals surface area contributed by atoms with Gasteiger partial charge in [-0.3, -0.25) is 0 Å². The number of ether oxygens (including phenoxy) is 1. The van der Waals surface area contributed by atoms with Crippen LogP contribution < -0.4 is 10.1 Å². The maximum absolute atomic E-state index is 5.34. The van der Waals surface area contributed by atoms with Crippen molar-refractivity contribution < 1.29 is 4.74 Å². The summed E-state index contributed by atoms with van der Waals surface area (Å²) in [6.45, 7) is 0. The van der Waals surface area contributed by atoms with E-state index in [1.54, 1.807) is 19.5 Å². The molecule has 96 valence electrons. The summed E-state index contributed by atoms with van der Waals surface area (Å²) in [5.41, 5.74) is 2.52. The van der Waals surface area contributed by atoms with Crippen molar-refractivity contribution in [2.24, 2.45) is 0 Å². The van der Waals surface area contributed by atoms with Gasteiger partial charge in [0.2, 0.25) is 5.88 Å². The average Bonchev–Trinajstić information content (AvgIpc) is 2.88. The number of hydrogen-bond donors (Lipinski definition) is 1. The van der Waals surface area contributed by atoms with Gasteiger partial charge in [-0.05, 0) is 6.07 Å². The summed E-state index contributed by atoms with van der Waals surface area (Å²) >= 11 is 1.49. The van der Waals surface area contributed by atoms with Crippen molar-refractivity contribution in [1.82, 2.24) is 19.9 Å². The lowest BCUT2D eigenvalue weighted by Gasteiger charge is -2.06. The number of rotatable bonds is 3.